The molecule has 1 fully saturated rings. The fourth-order valence-corrected chi connectivity index (χ4v) is 3.74. The Morgan fingerprint density at radius 3 is 2.61 bits per heavy atom. The number of aliphatic hydroxyl groups is 1. The lowest BCUT2D eigenvalue weighted by molar-refractivity contribution is -0.139. The molecular weight excluding hydrogens is 401 g/mol. The number of rotatable bonds is 8. The van der Waals surface area contributed by atoms with E-state index in [-0.39, 0.29) is 16.9 Å². The quantitative estimate of drug-likeness (QED) is 0.383. The maximum absolute atomic E-state index is 13.9. The zero-order chi connectivity index (χ0) is 22.5. The van der Waals surface area contributed by atoms with Gasteiger partial charge in [-0.05, 0) is 49.2 Å². The molecule has 1 heterocycles. The van der Waals surface area contributed by atoms with E-state index in [1.54, 1.807) is 24.3 Å². The van der Waals surface area contributed by atoms with Crippen LogP contribution in [0, 0.1) is 5.82 Å². The molecule has 3 rings (SSSR count). The van der Waals surface area contributed by atoms with Crippen LogP contribution in [0.5, 0.6) is 11.5 Å². The molecule has 0 saturated carbocycles. The van der Waals surface area contributed by atoms with Crippen LogP contribution in [0.2, 0.25) is 0 Å². The lowest BCUT2D eigenvalue weighted by Gasteiger charge is -2.25. The van der Waals surface area contributed by atoms with Gasteiger partial charge in [-0.1, -0.05) is 25.5 Å². The summed E-state index contributed by atoms with van der Waals surface area (Å²) in [5.74, 6) is -1.80. The molecule has 0 bridgehead atoms. The summed E-state index contributed by atoms with van der Waals surface area (Å²) in [5.41, 5.74) is 0.541. The van der Waals surface area contributed by atoms with Crippen molar-refractivity contribution < 1.29 is 28.6 Å². The van der Waals surface area contributed by atoms with Gasteiger partial charge in [-0.25, -0.2) is 4.39 Å². The van der Waals surface area contributed by atoms with Gasteiger partial charge in [0.05, 0.1) is 30.9 Å². The van der Waals surface area contributed by atoms with E-state index in [4.69, 9.17) is 9.47 Å². The first-order chi connectivity index (χ1) is 14.9. The molecule has 1 unspecified atom stereocenters. The van der Waals surface area contributed by atoms with Gasteiger partial charge in [-0.2, -0.15) is 0 Å². The molecule has 1 amide bonds. The van der Waals surface area contributed by atoms with Crippen LogP contribution in [0.15, 0.2) is 48.0 Å². The number of hydrogen-bond acceptors (Lipinski definition) is 5. The number of hydrogen-bond donors (Lipinski definition) is 1. The monoisotopic (exact) mass is 427 g/mol. The molecule has 1 aliphatic heterocycles. The summed E-state index contributed by atoms with van der Waals surface area (Å²) < 4.78 is 24.7. The van der Waals surface area contributed by atoms with Gasteiger partial charge in [-0.15, -0.1) is 0 Å². The number of ether oxygens (including phenoxy) is 2. The Labute approximate surface area is 180 Å². The highest BCUT2D eigenvalue weighted by Gasteiger charge is 2.46. The van der Waals surface area contributed by atoms with Crippen molar-refractivity contribution in [2.45, 2.75) is 32.7 Å². The molecule has 1 saturated heterocycles. The second kappa shape index (κ2) is 9.64. The van der Waals surface area contributed by atoms with Crippen LogP contribution >= 0.6 is 0 Å². The Balaban J connectivity index is 2.22. The molecule has 7 heteroatoms. The van der Waals surface area contributed by atoms with Crippen LogP contribution in [0.25, 0.3) is 5.76 Å². The van der Waals surface area contributed by atoms with Crippen molar-refractivity contribution in [3.05, 3.63) is 65.0 Å². The van der Waals surface area contributed by atoms with E-state index in [2.05, 4.69) is 0 Å². The Bertz CT molecular complexity index is 1020. The summed E-state index contributed by atoms with van der Waals surface area (Å²) in [6, 6.07) is 9.88. The van der Waals surface area contributed by atoms with Gasteiger partial charge >= 0.3 is 0 Å². The van der Waals surface area contributed by atoms with E-state index in [1.807, 2.05) is 13.8 Å². The Hall–Kier alpha value is -3.35. The number of methoxy groups -OCH3 is 1. The number of nitrogens with zero attached hydrogens (tertiary/aromatic N) is 1. The van der Waals surface area contributed by atoms with E-state index in [9.17, 15) is 19.1 Å². The van der Waals surface area contributed by atoms with Gasteiger partial charge in [0.15, 0.2) is 0 Å². The average Bonchev–Trinajstić information content (AvgIpc) is 3.02. The Morgan fingerprint density at radius 2 is 1.94 bits per heavy atom. The van der Waals surface area contributed by atoms with Gasteiger partial charge in [-0.3, -0.25) is 9.59 Å². The molecular formula is C24H26FNO5. The largest absolute Gasteiger partial charge is 0.507 e. The normalized spacial score (nSPS) is 17.8. The van der Waals surface area contributed by atoms with Crippen LogP contribution in [0.3, 0.4) is 0 Å². The summed E-state index contributed by atoms with van der Waals surface area (Å²) in [5, 5.41) is 11.1. The molecule has 31 heavy (non-hydrogen) atoms. The molecule has 1 atom stereocenters. The molecule has 0 aromatic heterocycles. The van der Waals surface area contributed by atoms with Crippen molar-refractivity contribution in [1.29, 1.82) is 0 Å². The molecule has 1 N–H and O–H groups in total. The standard InChI is InChI=1S/C24H26FNO5/c1-4-6-12-26-21(15-8-7-9-17(13-15)31-5-2)20(23(28)24(26)29)22(27)18-14-16(25)10-11-19(18)30-3/h7-11,13-14,21,27H,4-6,12H2,1-3H3/b22-20+. The van der Waals surface area contributed by atoms with Crippen LogP contribution < -0.4 is 9.47 Å². The first-order valence-electron chi connectivity index (χ1n) is 10.3. The van der Waals surface area contributed by atoms with E-state index in [0.29, 0.717) is 30.9 Å². The summed E-state index contributed by atoms with van der Waals surface area (Å²) in [7, 11) is 1.38. The van der Waals surface area contributed by atoms with Gasteiger partial charge in [0.2, 0.25) is 0 Å². The molecule has 0 spiro atoms. The van der Waals surface area contributed by atoms with Crippen molar-refractivity contribution in [3.8, 4) is 11.5 Å². The third-order valence-electron chi connectivity index (χ3n) is 5.19. The van der Waals surface area contributed by atoms with Gasteiger partial charge in [0, 0.05) is 6.54 Å². The highest BCUT2D eigenvalue weighted by Crippen LogP contribution is 2.41. The van der Waals surface area contributed by atoms with Crippen LogP contribution in [0.4, 0.5) is 4.39 Å². The number of unbranched alkanes of at least 4 members (excludes halogenated alkanes) is 1. The third-order valence-corrected chi connectivity index (χ3v) is 5.19. The molecule has 164 valence electrons. The lowest BCUT2D eigenvalue weighted by Crippen LogP contribution is -2.30. The van der Waals surface area contributed by atoms with E-state index < -0.39 is 29.3 Å². The van der Waals surface area contributed by atoms with Gasteiger partial charge in [0.25, 0.3) is 11.7 Å². The third kappa shape index (κ3) is 4.40. The topological polar surface area (TPSA) is 76.1 Å². The summed E-state index contributed by atoms with van der Waals surface area (Å²) in [6.45, 7) is 4.65. The number of Topliss-reactive ketones (excluding diaryl/α,β-unsaturated/α-hetero) is 1. The van der Waals surface area contributed by atoms with Crippen molar-refractivity contribution in [1.82, 2.24) is 4.90 Å². The van der Waals surface area contributed by atoms with Gasteiger partial charge < -0.3 is 19.5 Å². The molecule has 0 aliphatic carbocycles. The van der Waals surface area contributed by atoms with Crippen molar-refractivity contribution in [2.75, 3.05) is 20.3 Å². The number of carbonyl (C=O) groups is 2. The fraction of sp³-hybridized carbons (Fsp3) is 0.333. The van der Waals surface area contributed by atoms with Crippen LogP contribution in [-0.2, 0) is 9.59 Å². The summed E-state index contributed by atoms with van der Waals surface area (Å²) in [6.07, 6.45) is 1.52. The van der Waals surface area contributed by atoms with Crippen LogP contribution in [-0.4, -0.2) is 42.0 Å². The second-order valence-electron chi connectivity index (χ2n) is 7.20. The first kappa shape index (κ1) is 22.3. The predicted molar refractivity (Wildman–Crippen MR) is 114 cm³/mol. The smallest absolute Gasteiger partial charge is 0.295 e. The number of carbonyl (C=O) groups excluding carboxylic acids is 2. The molecule has 0 radical (unpaired) electrons. The number of halogens is 1. The molecule has 6 nitrogen and oxygen atoms in total. The number of benzene rings is 2. The number of aliphatic hydroxyl groups excluding tert-OH is 1. The van der Waals surface area contributed by atoms with E-state index in [0.717, 1.165) is 12.5 Å². The fourth-order valence-electron chi connectivity index (χ4n) is 3.74. The highest BCUT2D eigenvalue weighted by atomic mass is 19.1. The lowest BCUT2D eigenvalue weighted by atomic mass is 9.94. The predicted octanol–water partition coefficient (Wildman–Crippen LogP) is 4.45. The second-order valence-corrected chi connectivity index (χ2v) is 7.20. The average molecular weight is 427 g/mol. The van der Waals surface area contributed by atoms with Crippen molar-refractivity contribution in [3.63, 3.8) is 0 Å². The molecule has 2 aromatic rings. The Morgan fingerprint density at radius 1 is 1.16 bits per heavy atom. The highest BCUT2D eigenvalue weighted by molar-refractivity contribution is 6.46. The zero-order valence-corrected chi connectivity index (χ0v) is 17.9. The summed E-state index contributed by atoms with van der Waals surface area (Å²) >= 11 is 0. The minimum atomic E-state index is -0.820. The van der Waals surface area contributed by atoms with E-state index in [1.165, 1.54) is 24.1 Å². The number of ketones is 1. The van der Waals surface area contributed by atoms with Gasteiger partial charge in [0.1, 0.15) is 23.1 Å². The zero-order valence-electron chi connectivity index (χ0n) is 17.9. The Kier molecular flexibility index (Phi) is 6.95. The summed E-state index contributed by atoms with van der Waals surface area (Å²) in [4.78, 5) is 27.3. The van der Waals surface area contributed by atoms with Crippen molar-refractivity contribution in [2.24, 2.45) is 0 Å². The first-order valence-corrected chi connectivity index (χ1v) is 10.3. The number of likely N-dealkylation sites (tertiary alicyclic amines) is 1. The molecule has 2 aromatic carbocycles. The minimum Gasteiger partial charge on any atom is -0.507 e. The SMILES string of the molecule is CCCCN1C(=O)C(=O)/C(=C(/O)c2cc(F)ccc2OC)C1c1cccc(OCC)c1. The molecule has 1 aliphatic rings. The maximum Gasteiger partial charge on any atom is 0.295 e. The maximum atomic E-state index is 13.9. The minimum absolute atomic E-state index is 0.0157. The number of amides is 1. The van der Waals surface area contributed by atoms with E-state index >= 15 is 0 Å². The van der Waals surface area contributed by atoms with Crippen molar-refractivity contribution >= 4 is 17.4 Å². The van der Waals surface area contributed by atoms with Crippen LogP contribution in [0.1, 0.15) is 43.9 Å².